The average molecular weight is 315 g/mol. The number of hydrogen-bond donors (Lipinski definition) is 2. The van der Waals surface area contributed by atoms with Crippen LogP contribution in [0, 0.1) is 6.92 Å². The fourth-order valence-electron chi connectivity index (χ4n) is 2.60. The standard InChI is InChI=1S/C18H25N3O2/c1-13(2)18-19-9-11-21(18)10-8-17(23)20-12-16(22)15-7-5-4-6-14(15)3/h4-7,9,11,13,16,22H,8,10,12H2,1-3H3,(H,20,23). The third kappa shape index (κ3) is 4.66. The molecule has 2 rings (SSSR count). The van der Waals surface area contributed by atoms with Crippen LogP contribution in [0.25, 0.3) is 0 Å². The lowest BCUT2D eigenvalue weighted by Gasteiger charge is -2.15. The number of aliphatic hydroxyl groups is 1. The van der Waals surface area contributed by atoms with E-state index in [-0.39, 0.29) is 12.5 Å². The first kappa shape index (κ1) is 17.2. The molecule has 0 saturated carbocycles. The van der Waals surface area contributed by atoms with Gasteiger partial charge in [-0.1, -0.05) is 38.1 Å². The molecule has 0 aliphatic heterocycles. The van der Waals surface area contributed by atoms with Gasteiger partial charge in [-0.05, 0) is 18.1 Å². The van der Waals surface area contributed by atoms with Gasteiger partial charge in [-0.15, -0.1) is 0 Å². The van der Waals surface area contributed by atoms with Crippen molar-refractivity contribution < 1.29 is 9.90 Å². The first-order chi connectivity index (χ1) is 11.0. The van der Waals surface area contributed by atoms with Crippen LogP contribution in [0.3, 0.4) is 0 Å². The summed E-state index contributed by atoms with van der Waals surface area (Å²) in [7, 11) is 0. The van der Waals surface area contributed by atoms with E-state index in [1.165, 1.54) is 0 Å². The maximum absolute atomic E-state index is 12.0. The molecule has 124 valence electrons. The van der Waals surface area contributed by atoms with Crippen LogP contribution in [-0.4, -0.2) is 27.1 Å². The number of carbonyl (C=O) groups excluding carboxylic acids is 1. The molecule has 2 aromatic rings. The highest BCUT2D eigenvalue weighted by atomic mass is 16.3. The van der Waals surface area contributed by atoms with E-state index < -0.39 is 6.10 Å². The van der Waals surface area contributed by atoms with Crippen LogP contribution >= 0.6 is 0 Å². The lowest BCUT2D eigenvalue weighted by molar-refractivity contribution is -0.121. The Morgan fingerprint density at radius 2 is 2.09 bits per heavy atom. The van der Waals surface area contributed by atoms with E-state index in [2.05, 4.69) is 24.1 Å². The number of benzene rings is 1. The molecule has 5 nitrogen and oxygen atoms in total. The van der Waals surface area contributed by atoms with Gasteiger partial charge in [0, 0.05) is 37.8 Å². The van der Waals surface area contributed by atoms with Crippen molar-refractivity contribution in [2.24, 2.45) is 0 Å². The van der Waals surface area contributed by atoms with Gasteiger partial charge in [-0.2, -0.15) is 0 Å². The van der Waals surface area contributed by atoms with Gasteiger partial charge in [0.25, 0.3) is 0 Å². The van der Waals surface area contributed by atoms with Crippen molar-refractivity contribution in [3.63, 3.8) is 0 Å². The van der Waals surface area contributed by atoms with Gasteiger partial charge >= 0.3 is 0 Å². The fourth-order valence-corrected chi connectivity index (χ4v) is 2.60. The number of amides is 1. The Balaban J connectivity index is 1.81. The van der Waals surface area contributed by atoms with Crippen LogP contribution in [0.2, 0.25) is 0 Å². The molecule has 2 N–H and O–H groups in total. The van der Waals surface area contributed by atoms with Gasteiger partial charge < -0.3 is 15.0 Å². The average Bonchev–Trinajstić information content (AvgIpc) is 3.00. The van der Waals surface area contributed by atoms with Crippen LogP contribution in [0.15, 0.2) is 36.7 Å². The van der Waals surface area contributed by atoms with Crippen LogP contribution in [0.4, 0.5) is 0 Å². The fraction of sp³-hybridized carbons (Fsp3) is 0.444. The molecule has 0 aliphatic rings. The lowest BCUT2D eigenvalue weighted by atomic mass is 10.0. The quantitative estimate of drug-likeness (QED) is 0.825. The summed E-state index contributed by atoms with van der Waals surface area (Å²) in [6.45, 7) is 6.94. The van der Waals surface area contributed by atoms with Crippen LogP contribution in [-0.2, 0) is 11.3 Å². The second kappa shape index (κ2) is 7.92. The number of carbonyl (C=O) groups is 1. The topological polar surface area (TPSA) is 67.2 Å². The summed E-state index contributed by atoms with van der Waals surface area (Å²) in [5, 5.41) is 13.0. The van der Waals surface area contributed by atoms with Crippen molar-refractivity contribution in [3.05, 3.63) is 53.6 Å². The Labute approximate surface area is 137 Å². The van der Waals surface area contributed by atoms with E-state index in [0.29, 0.717) is 18.9 Å². The van der Waals surface area contributed by atoms with Crippen LogP contribution in [0.5, 0.6) is 0 Å². The van der Waals surface area contributed by atoms with E-state index in [1.807, 2.05) is 42.0 Å². The Bertz CT molecular complexity index is 649. The molecule has 1 heterocycles. The molecule has 0 radical (unpaired) electrons. The zero-order valence-corrected chi connectivity index (χ0v) is 14.0. The zero-order chi connectivity index (χ0) is 16.8. The molecular weight excluding hydrogens is 290 g/mol. The van der Waals surface area contributed by atoms with Crippen molar-refractivity contribution in [2.75, 3.05) is 6.54 Å². The highest BCUT2D eigenvalue weighted by Crippen LogP contribution is 2.16. The van der Waals surface area contributed by atoms with E-state index in [1.54, 1.807) is 6.20 Å². The van der Waals surface area contributed by atoms with E-state index in [9.17, 15) is 9.90 Å². The maximum atomic E-state index is 12.0. The largest absolute Gasteiger partial charge is 0.387 e. The summed E-state index contributed by atoms with van der Waals surface area (Å²) in [6, 6.07) is 7.65. The number of aromatic nitrogens is 2. The third-order valence-corrected chi connectivity index (χ3v) is 3.88. The maximum Gasteiger partial charge on any atom is 0.221 e. The minimum atomic E-state index is -0.681. The number of rotatable bonds is 7. The number of hydrogen-bond acceptors (Lipinski definition) is 3. The zero-order valence-electron chi connectivity index (χ0n) is 14.0. The monoisotopic (exact) mass is 315 g/mol. The number of nitrogens with zero attached hydrogens (tertiary/aromatic N) is 2. The summed E-state index contributed by atoms with van der Waals surface area (Å²) in [4.78, 5) is 16.3. The van der Waals surface area contributed by atoms with E-state index in [4.69, 9.17) is 0 Å². The first-order valence-corrected chi connectivity index (χ1v) is 8.00. The number of aryl methyl sites for hydroxylation is 2. The SMILES string of the molecule is Cc1ccccc1C(O)CNC(=O)CCn1ccnc1C(C)C. The van der Waals surface area contributed by atoms with Crippen molar-refractivity contribution >= 4 is 5.91 Å². The summed E-state index contributed by atoms with van der Waals surface area (Å²) < 4.78 is 2.00. The van der Waals surface area contributed by atoms with Gasteiger partial charge in [0.15, 0.2) is 0 Å². The van der Waals surface area contributed by atoms with Crippen LogP contribution in [0.1, 0.15) is 49.2 Å². The molecule has 1 atom stereocenters. The Hall–Kier alpha value is -2.14. The molecule has 1 amide bonds. The van der Waals surface area contributed by atoms with Gasteiger partial charge in [0.05, 0.1) is 6.10 Å². The number of aliphatic hydroxyl groups excluding tert-OH is 1. The van der Waals surface area contributed by atoms with Crippen LogP contribution < -0.4 is 5.32 Å². The predicted octanol–water partition coefficient (Wildman–Crippen LogP) is 2.55. The summed E-state index contributed by atoms with van der Waals surface area (Å²) in [6.07, 6.45) is 3.34. The van der Waals surface area contributed by atoms with Crippen molar-refractivity contribution in [1.29, 1.82) is 0 Å². The van der Waals surface area contributed by atoms with Gasteiger partial charge in [-0.25, -0.2) is 4.98 Å². The molecule has 0 aliphatic carbocycles. The number of imidazole rings is 1. The summed E-state index contributed by atoms with van der Waals surface area (Å²) >= 11 is 0. The third-order valence-electron chi connectivity index (χ3n) is 3.88. The lowest BCUT2D eigenvalue weighted by Crippen LogP contribution is -2.29. The van der Waals surface area contributed by atoms with E-state index >= 15 is 0 Å². The molecule has 1 aromatic heterocycles. The molecule has 1 aromatic carbocycles. The van der Waals surface area contributed by atoms with Crippen molar-refractivity contribution in [1.82, 2.24) is 14.9 Å². The minimum absolute atomic E-state index is 0.0685. The summed E-state index contributed by atoms with van der Waals surface area (Å²) in [5.74, 6) is 1.25. The molecule has 23 heavy (non-hydrogen) atoms. The molecule has 5 heteroatoms. The highest BCUT2D eigenvalue weighted by molar-refractivity contribution is 5.75. The molecule has 0 spiro atoms. The second-order valence-corrected chi connectivity index (χ2v) is 6.06. The van der Waals surface area contributed by atoms with E-state index in [0.717, 1.165) is 17.0 Å². The minimum Gasteiger partial charge on any atom is -0.387 e. The molecule has 1 unspecified atom stereocenters. The van der Waals surface area contributed by atoms with Crippen molar-refractivity contribution in [2.45, 2.75) is 45.8 Å². The molecule has 0 bridgehead atoms. The second-order valence-electron chi connectivity index (χ2n) is 6.06. The van der Waals surface area contributed by atoms with Gasteiger partial charge in [0.1, 0.15) is 5.82 Å². The number of nitrogens with one attached hydrogen (secondary N) is 1. The van der Waals surface area contributed by atoms with Gasteiger partial charge in [0.2, 0.25) is 5.91 Å². The Morgan fingerprint density at radius 1 is 1.35 bits per heavy atom. The first-order valence-electron chi connectivity index (χ1n) is 8.00. The van der Waals surface area contributed by atoms with Crippen molar-refractivity contribution in [3.8, 4) is 0 Å². The highest BCUT2D eigenvalue weighted by Gasteiger charge is 2.12. The molecule has 0 fully saturated rings. The Kier molecular flexibility index (Phi) is 5.93. The Morgan fingerprint density at radius 3 is 2.78 bits per heavy atom. The molecule has 0 saturated heterocycles. The predicted molar refractivity (Wildman–Crippen MR) is 90.1 cm³/mol. The smallest absolute Gasteiger partial charge is 0.221 e. The molecular formula is C18H25N3O2. The van der Waals surface area contributed by atoms with Gasteiger partial charge in [-0.3, -0.25) is 4.79 Å². The normalized spacial score (nSPS) is 12.4. The summed E-state index contributed by atoms with van der Waals surface area (Å²) in [5.41, 5.74) is 1.87.